The Hall–Kier alpha value is -3.92. The number of hydrogen-bond donors (Lipinski definition) is 3. The smallest absolute Gasteiger partial charge is 0.272 e. The third-order valence-electron chi connectivity index (χ3n) is 5.01. The maximum atomic E-state index is 13.4. The number of aryl methyl sites for hydroxylation is 2. The summed E-state index contributed by atoms with van der Waals surface area (Å²) in [6, 6.07) is 12.9. The normalized spacial score (nSPS) is 10.5. The number of primary amides is 1. The predicted octanol–water partition coefficient (Wildman–Crippen LogP) is 2.41. The van der Waals surface area contributed by atoms with E-state index in [1.807, 2.05) is 44.2 Å². The van der Waals surface area contributed by atoms with Crippen LogP contribution in [0.5, 0.6) is 5.75 Å². The van der Waals surface area contributed by atoms with E-state index in [1.165, 1.54) is 4.90 Å². The fourth-order valence-electron chi connectivity index (χ4n) is 3.17. The van der Waals surface area contributed by atoms with E-state index >= 15 is 0 Å². The average Bonchev–Trinajstić information content (AvgIpc) is 3.19. The first-order chi connectivity index (χ1) is 15.7. The average molecular weight is 468 g/mol. The van der Waals surface area contributed by atoms with Crippen LogP contribution in [-0.4, -0.2) is 35.7 Å². The van der Waals surface area contributed by atoms with Gasteiger partial charge in [-0.25, -0.2) is 0 Å². The molecule has 3 amide bonds. The quantitative estimate of drug-likeness (QED) is 0.465. The zero-order chi connectivity index (χ0) is 24.1. The summed E-state index contributed by atoms with van der Waals surface area (Å²) in [5, 5.41) is 2.82. The van der Waals surface area contributed by atoms with Gasteiger partial charge < -0.3 is 21.5 Å². The monoisotopic (exact) mass is 467 g/mol. The van der Waals surface area contributed by atoms with Crippen molar-refractivity contribution in [1.82, 2.24) is 9.69 Å². The van der Waals surface area contributed by atoms with Crippen molar-refractivity contribution in [2.45, 2.75) is 20.4 Å². The van der Waals surface area contributed by atoms with Crippen molar-refractivity contribution in [3.63, 3.8) is 0 Å². The lowest BCUT2D eigenvalue weighted by atomic mass is 10.1. The van der Waals surface area contributed by atoms with Gasteiger partial charge in [-0.1, -0.05) is 24.3 Å². The molecule has 0 fully saturated rings. The Kier molecular flexibility index (Phi) is 7.29. The second kappa shape index (κ2) is 10.1. The van der Waals surface area contributed by atoms with Crippen molar-refractivity contribution in [3.05, 3.63) is 69.7 Å². The lowest BCUT2D eigenvalue weighted by Gasteiger charge is -2.24. The first kappa shape index (κ1) is 23.7. The zero-order valence-corrected chi connectivity index (χ0v) is 19.4. The fraction of sp³-hybridized carbons (Fsp3) is 0.217. The molecule has 5 N–H and O–H groups in total. The summed E-state index contributed by atoms with van der Waals surface area (Å²) in [6.45, 7) is 3.77. The van der Waals surface area contributed by atoms with Crippen molar-refractivity contribution >= 4 is 40.6 Å². The molecule has 0 atom stereocenters. The first-order valence-corrected chi connectivity index (χ1v) is 10.8. The number of nitrogens with zero attached hydrogens (tertiary/aromatic N) is 2. The van der Waals surface area contributed by atoms with Gasteiger partial charge in [0.25, 0.3) is 11.8 Å². The lowest BCUT2D eigenvalue weighted by Crippen LogP contribution is -2.41. The molecular weight excluding hydrogens is 442 g/mol. The molecule has 172 valence electrons. The molecule has 0 unspecified atom stereocenters. The summed E-state index contributed by atoms with van der Waals surface area (Å²) in [7, 11) is 1.58. The molecule has 0 radical (unpaired) electrons. The van der Waals surface area contributed by atoms with Crippen LogP contribution in [0.4, 0.5) is 11.4 Å². The van der Waals surface area contributed by atoms with Crippen LogP contribution in [0, 0.1) is 13.8 Å². The van der Waals surface area contributed by atoms with Crippen molar-refractivity contribution in [1.29, 1.82) is 0 Å². The van der Waals surface area contributed by atoms with Crippen LogP contribution in [0.15, 0.2) is 42.5 Å². The number of carbonyl (C=O) groups is 3. The molecule has 0 spiro atoms. The minimum atomic E-state index is -0.821. The highest BCUT2D eigenvalue weighted by Gasteiger charge is 2.28. The van der Waals surface area contributed by atoms with Gasteiger partial charge in [0.1, 0.15) is 17.2 Å². The van der Waals surface area contributed by atoms with Crippen LogP contribution < -0.4 is 26.4 Å². The Labute approximate surface area is 195 Å². The zero-order valence-electron chi connectivity index (χ0n) is 18.5. The van der Waals surface area contributed by atoms with E-state index in [9.17, 15) is 14.4 Å². The number of aromatic nitrogens is 1. The largest absolute Gasteiger partial charge is 0.497 e. The van der Waals surface area contributed by atoms with E-state index in [1.54, 1.807) is 19.2 Å². The number of nitrogen functional groups attached to an aromatic ring is 1. The molecule has 10 heteroatoms. The Morgan fingerprint density at radius 3 is 2.42 bits per heavy atom. The summed E-state index contributed by atoms with van der Waals surface area (Å²) in [4.78, 5) is 39.1. The molecule has 0 bridgehead atoms. The molecule has 1 aromatic heterocycles. The number of benzene rings is 2. The third-order valence-corrected chi connectivity index (χ3v) is 5.86. The van der Waals surface area contributed by atoms with Gasteiger partial charge in [0.05, 0.1) is 12.8 Å². The van der Waals surface area contributed by atoms with E-state index in [4.69, 9.17) is 16.2 Å². The number of anilines is 2. The second-order valence-electron chi connectivity index (χ2n) is 7.44. The SMILES string of the molecule is COc1ccc(CNC(=O)CN(C(=O)c2snc(C(N)=O)c2N)c2cc(C)ccc2C)cc1. The number of amides is 3. The highest BCUT2D eigenvalue weighted by atomic mass is 32.1. The summed E-state index contributed by atoms with van der Waals surface area (Å²) in [6.07, 6.45) is 0. The Bertz CT molecular complexity index is 1190. The minimum Gasteiger partial charge on any atom is -0.497 e. The van der Waals surface area contributed by atoms with Crippen molar-refractivity contribution in [2.75, 3.05) is 24.3 Å². The maximum absolute atomic E-state index is 13.4. The number of methoxy groups -OCH3 is 1. The van der Waals surface area contributed by atoms with Crippen LogP contribution in [-0.2, 0) is 11.3 Å². The van der Waals surface area contributed by atoms with Gasteiger partial charge in [-0.15, -0.1) is 0 Å². The van der Waals surface area contributed by atoms with E-state index in [2.05, 4.69) is 9.69 Å². The van der Waals surface area contributed by atoms with Crippen LogP contribution in [0.3, 0.4) is 0 Å². The summed E-state index contributed by atoms with van der Waals surface area (Å²) < 4.78 is 9.04. The van der Waals surface area contributed by atoms with E-state index in [0.717, 1.165) is 28.2 Å². The molecule has 0 saturated carbocycles. The van der Waals surface area contributed by atoms with Crippen LogP contribution >= 0.6 is 11.5 Å². The molecule has 2 aromatic carbocycles. The number of rotatable bonds is 8. The topological polar surface area (TPSA) is 141 Å². The van der Waals surface area contributed by atoms with Gasteiger partial charge in [-0.05, 0) is 60.3 Å². The van der Waals surface area contributed by atoms with Crippen molar-refractivity contribution in [3.8, 4) is 5.75 Å². The Balaban J connectivity index is 1.85. The van der Waals surface area contributed by atoms with Gasteiger partial charge >= 0.3 is 0 Å². The van der Waals surface area contributed by atoms with Crippen molar-refractivity contribution < 1.29 is 19.1 Å². The van der Waals surface area contributed by atoms with E-state index < -0.39 is 11.8 Å². The molecule has 33 heavy (non-hydrogen) atoms. The highest BCUT2D eigenvalue weighted by molar-refractivity contribution is 7.09. The van der Waals surface area contributed by atoms with E-state index in [0.29, 0.717) is 11.4 Å². The maximum Gasteiger partial charge on any atom is 0.272 e. The summed E-state index contributed by atoms with van der Waals surface area (Å²) in [5.41, 5.74) is 14.2. The van der Waals surface area contributed by atoms with Gasteiger partial charge in [-0.2, -0.15) is 4.37 Å². The van der Waals surface area contributed by atoms with Crippen LogP contribution in [0.1, 0.15) is 36.9 Å². The highest BCUT2D eigenvalue weighted by Crippen LogP contribution is 2.28. The molecule has 9 nitrogen and oxygen atoms in total. The minimum absolute atomic E-state index is 0.0488. The number of nitrogens with one attached hydrogen (secondary N) is 1. The van der Waals surface area contributed by atoms with Crippen LogP contribution in [0.25, 0.3) is 0 Å². The second-order valence-corrected chi connectivity index (χ2v) is 8.22. The van der Waals surface area contributed by atoms with Gasteiger partial charge in [0.2, 0.25) is 5.91 Å². The van der Waals surface area contributed by atoms with Crippen molar-refractivity contribution in [2.24, 2.45) is 5.73 Å². The van der Waals surface area contributed by atoms with Gasteiger partial charge in [-0.3, -0.25) is 19.3 Å². The lowest BCUT2D eigenvalue weighted by molar-refractivity contribution is -0.119. The standard InChI is InChI=1S/C23H25N5O4S/c1-13-4-5-14(2)17(10-13)28(23(31)21-19(24)20(22(25)30)27-33-21)12-18(29)26-11-15-6-8-16(32-3)9-7-15/h4-10H,11-12,24H2,1-3H3,(H2,25,30)(H,26,29). The van der Waals surface area contributed by atoms with E-state index in [-0.39, 0.29) is 35.3 Å². The molecule has 0 aliphatic heterocycles. The van der Waals surface area contributed by atoms with Crippen LogP contribution in [0.2, 0.25) is 0 Å². The number of carbonyl (C=O) groups excluding carboxylic acids is 3. The summed E-state index contributed by atoms with van der Waals surface area (Å²) in [5.74, 6) is -1.00. The molecule has 3 rings (SSSR count). The fourth-order valence-corrected chi connectivity index (χ4v) is 3.93. The molecule has 1 heterocycles. The molecule has 0 aliphatic rings. The number of hydrogen-bond acceptors (Lipinski definition) is 7. The molecule has 3 aromatic rings. The van der Waals surface area contributed by atoms with Gasteiger partial charge in [0, 0.05) is 12.2 Å². The predicted molar refractivity (Wildman–Crippen MR) is 127 cm³/mol. The number of nitrogens with two attached hydrogens (primary N) is 2. The summed E-state index contributed by atoms with van der Waals surface area (Å²) >= 11 is 0.776. The molecule has 0 saturated heterocycles. The molecule has 0 aliphatic carbocycles. The Morgan fingerprint density at radius 1 is 1.12 bits per heavy atom. The van der Waals surface area contributed by atoms with Gasteiger partial charge in [0.15, 0.2) is 5.69 Å². The Morgan fingerprint density at radius 2 is 1.82 bits per heavy atom. The number of ether oxygens (including phenoxy) is 1. The first-order valence-electron chi connectivity index (χ1n) is 10.0. The molecular formula is C23H25N5O4S. The third kappa shape index (κ3) is 5.47.